The van der Waals surface area contributed by atoms with Crippen molar-refractivity contribution in [2.75, 3.05) is 32.7 Å². The molecule has 1 saturated heterocycles. The molecule has 6 nitrogen and oxygen atoms in total. The van der Waals surface area contributed by atoms with E-state index in [-0.39, 0.29) is 12.0 Å². The Labute approximate surface area is 163 Å². The van der Waals surface area contributed by atoms with Crippen molar-refractivity contribution >= 4 is 21.8 Å². The smallest absolute Gasteiger partial charge is 0.243 e. The summed E-state index contributed by atoms with van der Waals surface area (Å²) in [5, 5.41) is 0.232. The number of methoxy groups -OCH3 is 1. The number of nitrogens with zero attached hydrogens (tertiary/aromatic N) is 1. The molecule has 1 atom stereocenters. The second-order valence-corrected chi connectivity index (χ2v) is 9.59. The Morgan fingerprint density at radius 3 is 2.63 bits per heavy atom. The second-order valence-electron chi connectivity index (χ2n) is 6.34. The van der Waals surface area contributed by atoms with Crippen molar-refractivity contribution < 1.29 is 22.6 Å². The van der Waals surface area contributed by atoms with Gasteiger partial charge in [0.05, 0.1) is 12.0 Å². The lowest BCUT2D eigenvalue weighted by atomic mass is 10.1. The molecule has 1 fully saturated rings. The molecule has 0 bridgehead atoms. The molecule has 27 heavy (non-hydrogen) atoms. The van der Waals surface area contributed by atoms with Crippen LogP contribution in [0.15, 0.2) is 47.4 Å². The quantitative estimate of drug-likeness (QED) is 0.775. The molecule has 1 unspecified atom stereocenters. The number of ether oxygens (including phenoxy) is 3. The molecular weight excluding hydrogens is 386 g/mol. The summed E-state index contributed by atoms with van der Waals surface area (Å²) < 4.78 is 43.5. The normalized spacial score (nSPS) is 20.3. The third-order valence-electron chi connectivity index (χ3n) is 4.77. The van der Waals surface area contributed by atoms with Crippen LogP contribution in [0.3, 0.4) is 0 Å². The highest BCUT2D eigenvalue weighted by Crippen LogP contribution is 2.40. The van der Waals surface area contributed by atoms with E-state index in [1.165, 1.54) is 0 Å². The van der Waals surface area contributed by atoms with Crippen molar-refractivity contribution in [1.29, 1.82) is 0 Å². The van der Waals surface area contributed by atoms with E-state index in [0.717, 1.165) is 29.2 Å². The van der Waals surface area contributed by atoms with E-state index in [0.29, 0.717) is 23.7 Å². The first-order chi connectivity index (χ1) is 13.1. The number of rotatable bonds is 4. The number of benzene rings is 2. The van der Waals surface area contributed by atoms with Gasteiger partial charge in [-0.05, 0) is 48.4 Å². The zero-order valence-electron chi connectivity index (χ0n) is 15.0. The lowest BCUT2D eigenvalue weighted by Gasteiger charge is -2.20. The molecule has 0 spiro atoms. The van der Waals surface area contributed by atoms with E-state index >= 15 is 0 Å². The van der Waals surface area contributed by atoms with Gasteiger partial charge in [-0.3, -0.25) is 0 Å². The van der Waals surface area contributed by atoms with Gasteiger partial charge in [0.15, 0.2) is 11.5 Å². The predicted molar refractivity (Wildman–Crippen MR) is 104 cm³/mol. The average molecular weight is 408 g/mol. The fourth-order valence-corrected chi connectivity index (χ4v) is 6.06. The number of sulfonamides is 1. The van der Waals surface area contributed by atoms with Crippen molar-refractivity contribution in [3.05, 3.63) is 48.0 Å². The standard InChI is InChI=1S/C19H21NO5S2/c1-23-15-3-5-16(6-4-15)27(21,22)20-9-8-19(26-11-10-20)14-2-7-17-18(12-14)25-13-24-17/h2-7,12,19H,8-11,13H2,1H3. The Morgan fingerprint density at radius 2 is 1.85 bits per heavy atom. The molecule has 2 heterocycles. The Balaban J connectivity index is 1.49. The van der Waals surface area contributed by atoms with Crippen LogP contribution in [-0.4, -0.2) is 45.5 Å². The van der Waals surface area contributed by atoms with Gasteiger partial charge in [0, 0.05) is 24.1 Å². The van der Waals surface area contributed by atoms with Crippen LogP contribution in [-0.2, 0) is 10.0 Å². The first kappa shape index (κ1) is 18.5. The van der Waals surface area contributed by atoms with Crippen molar-refractivity contribution in [3.8, 4) is 17.2 Å². The Kier molecular flexibility index (Phi) is 5.21. The van der Waals surface area contributed by atoms with Gasteiger partial charge in [-0.15, -0.1) is 0 Å². The molecule has 2 aliphatic heterocycles. The lowest BCUT2D eigenvalue weighted by molar-refractivity contribution is 0.174. The van der Waals surface area contributed by atoms with E-state index in [1.807, 2.05) is 18.2 Å². The summed E-state index contributed by atoms with van der Waals surface area (Å²) >= 11 is 1.78. The number of hydrogen-bond donors (Lipinski definition) is 0. The highest BCUT2D eigenvalue weighted by Gasteiger charge is 2.29. The lowest BCUT2D eigenvalue weighted by Crippen LogP contribution is -2.33. The summed E-state index contributed by atoms with van der Waals surface area (Å²) in [5.74, 6) is 2.92. The van der Waals surface area contributed by atoms with Gasteiger partial charge in [-0.1, -0.05) is 6.07 Å². The van der Waals surface area contributed by atoms with Crippen molar-refractivity contribution in [2.45, 2.75) is 16.6 Å². The number of hydrogen-bond acceptors (Lipinski definition) is 6. The van der Waals surface area contributed by atoms with Gasteiger partial charge in [0.25, 0.3) is 0 Å². The molecule has 4 rings (SSSR count). The minimum absolute atomic E-state index is 0.232. The van der Waals surface area contributed by atoms with E-state index in [9.17, 15) is 8.42 Å². The zero-order chi connectivity index (χ0) is 18.9. The van der Waals surface area contributed by atoms with Crippen LogP contribution in [0.4, 0.5) is 0 Å². The zero-order valence-corrected chi connectivity index (χ0v) is 16.6. The van der Waals surface area contributed by atoms with E-state index in [2.05, 4.69) is 0 Å². The van der Waals surface area contributed by atoms with E-state index in [4.69, 9.17) is 14.2 Å². The molecule has 0 amide bonds. The van der Waals surface area contributed by atoms with Gasteiger partial charge in [-0.25, -0.2) is 8.42 Å². The van der Waals surface area contributed by atoms with Crippen molar-refractivity contribution in [2.24, 2.45) is 0 Å². The van der Waals surface area contributed by atoms with Crippen LogP contribution >= 0.6 is 11.8 Å². The molecule has 8 heteroatoms. The third kappa shape index (κ3) is 3.74. The maximum atomic E-state index is 13.0. The van der Waals surface area contributed by atoms with E-state index in [1.54, 1.807) is 47.4 Å². The van der Waals surface area contributed by atoms with Crippen molar-refractivity contribution in [3.63, 3.8) is 0 Å². The summed E-state index contributed by atoms with van der Waals surface area (Å²) in [6, 6.07) is 12.5. The van der Waals surface area contributed by atoms with Gasteiger partial charge in [0.2, 0.25) is 16.8 Å². The molecule has 2 aliphatic rings. The topological polar surface area (TPSA) is 65.1 Å². The third-order valence-corrected chi connectivity index (χ3v) is 8.01. The van der Waals surface area contributed by atoms with Gasteiger partial charge in [0.1, 0.15) is 5.75 Å². The Hall–Kier alpha value is -1.90. The minimum atomic E-state index is -3.51. The number of thioether (sulfide) groups is 1. The van der Waals surface area contributed by atoms with Crippen LogP contribution in [0.1, 0.15) is 17.2 Å². The van der Waals surface area contributed by atoms with Crippen LogP contribution < -0.4 is 14.2 Å². The molecule has 0 radical (unpaired) electrons. The molecule has 0 N–H and O–H groups in total. The first-order valence-electron chi connectivity index (χ1n) is 8.73. The molecule has 0 saturated carbocycles. The SMILES string of the molecule is COc1ccc(S(=O)(=O)N2CCSC(c3ccc4c(c3)OCO4)CC2)cc1. The molecule has 0 aliphatic carbocycles. The fourth-order valence-electron chi connectivity index (χ4n) is 3.27. The van der Waals surface area contributed by atoms with Gasteiger partial charge < -0.3 is 14.2 Å². The molecular formula is C19H21NO5S2. The summed E-state index contributed by atoms with van der Waals surface area (Å²) in [4.78, 5) is 0.301. The van der Waals surface area contributed by atoms with Gasteiger partial charge in [-0.2, -0.15) is 16.1 Å². The highest BCUT2D eigenvalue weighted by atomic mass is 32.2. The first-order valence-corrected chi connectivity index (χ1v) is 11.2. The minimum Gasteiger partial charge on any atom is -0.497 e. The largest absolute Gasteiger partial charge is 0.497 e. The van der Waals surface area contributed by atoms with Crippen LogP contribution in [0, 0.1) is 0 Å². The number of fused-ring (bicyclic) bond motifs is 1. The Bertz CT molecular complexity index is 914. The second kappa shape index (κ2) is 7.61. The summed E-state index contributed by atoms with van der Waals surface area (Å²) in [7, 11) is -1.94. The maximum Gasteiger partial charge on any atom is 0.243 e. The molecule has 2 aromatic carbocycles. The maximum absolute atomic E-state index is 13.0. The van der Waals surface area contributed by atoms with Crippen LogP contribution in [0.25, 0.3) is 0 Å². The van der Waals surface area contributed by atoms with E-state index < -0.39 is 10.0 Å². The summed E-state index contributed by atoms with van der Waals surface area (Å²) in [6.45, 7) is 1.24. The highest BCUT2D eigenvalue weighted by molar-refractivity contribution is 7.99. The molecule has 144 valence electrons. The molecule has 0 aromatic heterocycles. The fraction of sp³-hybridized carbons (Fsp3) is 0.368. The van der Waals surface area contributed by atoms with Crippen LogP contribution in [0.5, 0.6) is 17.2 Å². The molecule has 2 aromatic rings. The average Bonchev–Trinajstić information content (AvgIpc) is 3.01. The predicted octanol–water partition coefficient (Wildman–Crippen LogP) is 3.29. The van der Waals surface area contributed by atoms with Crippen molar-refractivity contribution in [1.82, 2.24) is 4.31 Å². The van der Waals surface area contributed by atoms with Gasteiger partial charge >= 0.3 is 0 Å². The Morgan fingerprint density at radius 1 is 1.07 bits per heavy atom. The summed E-state index contributed by atoms with van der Waals surface area (Å²) in [6.07, 6.45) is 0.750. The van der Waals surface area contributed by atoms with Crippen LogP contribution in [0.2, 0.25) is 0 Å². The monoisotopic (exact) mass is 407 g/mol. The summed E-state index contributed by atoms with van der Waals surface area (Å²) in [5.41, 5.74) is 1.15.